The summed E-state index contributed by atoms with van der Waals surface area (Å²) in [4.78, 5) is 0. The molecule has 0 bridgehead atoms. The average molecular weight is 266 g/mol. The smallest absolute Gasteiger partial charge is 0.106 e. The van der Waals surface area contributed by atoms with E-state index in [-0.39, 0.29) is 5.92 Å². The number of hydrogen-bond donors (Lipinski definition) is 2. The molecule has 1 heterocycles. The number of nitrogens with two attached hydrogens (primary N) is 1. The van der Waals surface area contributed by atoms with Gasteiger partial charge in [0.15, 0.2) is 0 Å². The molecule has 18 heavy (non-hydrogen) atoms. The Morgan fingerprint density at radius 2 is 1.94 bits per heavy atom. The van der Waals surface area contributed by atoms with Gasteiger partial charge >= 0.3 is 0 Å². The van der Waals surface area contributed by atoms with Crippen molar-refractivity contribution in [1.29, 1.82) is 0 Å². The zero-order chi connectivity index (χ0) is 13.1. The summed E-state index contributed by atoms with van der Waals surface area (Å²) in [6, 6.07) is 9.15. The van der Waals surface area contributed by atoms with Gasteiger partial charge in [0, 0.05) is 23.0 Å². The van der Waals surface area contributed by atoms with Crippen LogP contribution in [0, 0.1) is 6.92 Å². The maximum atomic E-state index is 10.4. The standard InChI is InChI=1S/C14H16ClNO2/c1-9-12(6-7-18-9)14(17)13(8-16)10-2-4-11(15)5-3-10/h2-7,13-14,17H,8,16H2,1H3. The minimum Gasteiger partial charge on any atom is -0.469 e. The van der Waals surface area contributed by atoms with E-state index < -0.39 is 6.10 Å². The number of rotatable bonds is 4. The molecule has 0 radical (unpaired) electrons. The SMILES string of the molecule is Cc1occc1C(O)C(CN)c1ccc(Cl)cc1. The van der Waals surface area contributed by atoms with Crippen molar-refractivity contribution in [3.63, 3.8) is 0 Å². The van der Waals surface area contributed by atoms with E-state index in [0.717, 1.165) is 16.9 Å². The van der Waals surface area contributed by atoms with Crippen LogP contribution in [-0.2, 0) is 0 Å². The number of hydrogen-bond acceptors (Lipinski definition) is 3. The van der Waals surface area contributed by atoms with Crippen molar-refractivity contribution in [2.24, 2.45) is 5.73 Å². The fraction of sp³-hybridized carbons (Fsp3) is 0.286. The molecule has 0 aliphatic rings. The highest BCUT2D eigenvalue weighted by Gasteiger charge is 2.24. The fourth-order valence-electron chi connectivity index (χ4n) is 2.08. The molecule has 0 fully saturated rings. The summed E-state index contributed by atoms with van der Waals surface area (Å²) in [7, 11) is 0. The fourth-order valence-corrected chi connectivity index (χ4v) is 2.20. The lowest BCUT2D eigenvalue weighted by Gasteiger charge is -2.21. The number of aliphatic hydroxyl groups excluding tert-OH is 1. The van der Waals surface area contributed by atoms with Gasteiger partial charge in [-0.3, -0.25) is 0 Å². The van der Waals surface area contributed by atoms with E-state index in [0.29, 0.717) is 11.6 Å². The molecule has 0 amide bonds. The maximum Gasteiger partial charge on any atom is 0.106 e. The van der Waals surface area contributed by atoms with Crippen LogP contribution in [0.25, 0.3) is 0 Å². The number of aliphatic hydroxyl groups is 1. The van der Waals surface area contributed by atoms with E-state index in [2.05, 4.69) is 0 Å². The summed E-state index contributed by atoms with van der Waals surface area (Å²) in [5.74, 6) is 0.550. The molecule has 1 aromatic carbocycles. The van der Waals surface area contributed by atoms with Crippen LogP contribution in [0.4, 0.5) is 0 Å². The Morgan fingerprint density at radius 3 is 2.44 bits per heavy atom. The van der Waals surface area contributed by atoms with Gasteiger partial charge in [-0.25, -0.2) is 0 Å². The van der Waals surface area contributed by atoms with Gasteiger partial charge in [-0.2, -0.15) is 0 Å². The Morgan fingerprint density at radius 1 is 1.28 bits per heavy atom. The van der Waals surface area contributed by atoms with Crippen LogP contribution in [0.2, 0.25) is 5.02 Å². The zero-order valence-corrected chi connectivity index (χ0v) is 10.9. The topological polar surface area (TPSA) is 59.4 Å². The van der Waals surface area contributed by atoms with E-state index in [9.17, 15) is 5.11 Å². The number of halogens is 1. The van der Waals surface area contributed by atoms with Gasteiger partial charge in [-0.05, 0) is 30.7 Å². The third-order valence-electron chi connectivity index (χ3n) is 3.15. The number of benzene rings is 1. The first-order valence-corrected chi connectivity index (χ1v) is 6.19. The molecule has 0 aliphatic heterocycles. The zero-order valence-electron chi connectivity index (χ0n) is 10.1. The van der Waals surface area contributed by atoms with Crippen LogP contribution in [-0.4, -0.2) is 11.7 Å². The quantitative estimate of drug-likeness (QED) is 0.893. The number of furan rings is 1. The molecular formula is C14H16ClNO2. The van der Waals surface area contributed by atoms with Gasteiger partial charge in [0.25, 0.3) is 0 Å². The minimum atomic E-state index is -0.671. The van der Waals surface area contributed by atoms with Crippen molar-refractivity contribution >= 4 is 11.6 Å². The highest BCUT2D eigenvalue weighted by molar-refractivity contribution is 6.30. The van der Waals surface area contributed by atoms with E-state index in [1.165, 1.54) is 0 Å². The van der Waals surface area contributed by atoms with E-state index >= 15 is 0 Å². The summed E-state index contributed by atoms with van der Waals surface area (Å²) >= 11 is 5.86. The van der Waals surface area contributed by atoms with Crippen LogP contribution in [0.3, 0.4) is 0 Å². The molecule has 3 N–H and O–H groups in total. The first-order valence-electron chi connectivity index (χ1n) is 5.81. The van der Waals surface area contributed by atoms with Crippen LogP contribution in [0.15, 0.2) is 41.0 Å². The molecule has 1 aromatic heterocycles. The van der Waals surface area contributed by atoms with Crippen molar-refractivity contribution < 1.29 is 9.52 Å². The lowest BCUT2D eigenvalue weighted by molar-refractivity contribution is 0.145. The monoisotopic (exact) mass is 265 g/mol. The Balaban J connectivity index is 2.28. The molecule has 2 atom stereocenters. The lowest BCUT2D eigenvalue weighted by atomic mass is 9.89. The third-order valence-corrected chi connectivity index (χ3v) is 3.40. The van der Waals surface area contributed by atoms with E-state index in [1.807, 2.05) is 19.1 Å². The summed E-state index contributed by atoms with van der Waals surface area (Å²) in [6.45, 7) is 2.18. The second-order valence-corrected chi connectivity index (χ2v) is 4.71. The Bertz CT molecular complexity index is 507. The van der Waals surface area contributed by atoms with Gasteiger partial charge in [-0.15, -0.1) is 0 Å². The molecule has 2 rings (SSSR count). The van der Waals surface area contributed by atoms with Crippen molar-refractivity contribution in [3.05, 3.63) is 58.5 Å². The molecule has 3 nitrogen and oxygen atoms in total. The highest BCUT2D eigenvalue weighted by atomic mass is 35.5. The number of aryl methyl sites for hydroxylation is 1. The summed E-state index contributed by atoms with van der Waals surface area (Å²) in [5.41, 5.74) is 7.52. The average Bonchev–Trinajstić information content (AvgIpc) is 2.78. The molecule has 2 aromatic rings. The summed E-state index contributed by atoms with van der Waals surface area (Å²) in [5, 5.41) is 11.1. The van der Waals surface area contributed by atoms with E-state index in [4.69, 9.17) is 21.8 Å². The van der Waals surface area contributed by atoms with Crippen LogP contribution < -0.4 is 5.73 Å². The van der Waals surface area contributed by atoms with Gasteiger partial charge in [0.1, 0.15) is 5.76 Å². The molecular weight excluding hydrogens is 250 g/mol. The second-order valence-electron chi connectivity index (χ2n) is 4.27. The predicted molar refractivity (Wildman–Crippen MR) is 71.7 cm³/mol. The van der Waals surface area contributed by atoms with Gasteiger partial charge < -0.3 is 15.3 Å². The van der Waals surface area contributed by atoms with Crippen molar-refractivity contribution in [2.75, 3.05) is 6.54 Å². The van der Waals surface area contributed by atoms with Gasteiger partial charge in [0.2, 0.25) is 0 Å². The summed E-state index contributed by atoms with van der Waals surface area (Å²) < 4.78 is 5.21. The van der Waals surface area contributed by atoms with Crippen LogP contribution in [0.5, 0.6) is 0 Å². The van der Waals surface area contributed by atoms with Crippen molar-refractivity contribution in [3.8, 4) is 0 Å². The highest BCUT2D eigenvalue weighted by Crippen LogP contribution is 2.32. The maximum absolute atomic E-state index is 10.4. The molecule has 2 unspecified atom stereocenters. The molecule has 0 aliphatic carbocycles. The normalized spacial score (nSPS) is 14.4. The third kappa shape index (κ3) is 2.58. The molecule has 4 heteroatoms. The van der Waals surface area contributed by atoms with Crippen LogP contribution in [0.1, 0.15) is 28.9 Å². The summed E-state index contributed by atoms with van der Waals surface area (Å²) in [6.07, 6.45) is 0.901. The Kier molecular flexibility index (Phi) is 4.07. The second kappa shape index (κ2) is 5.57. The first kappa shape index (κ1) is 13.1. The molecule has 0 saturated carbocycles. The Labute approximate surface area is 111 Å². The van der Waals surface area contributed by atoms with Crippen LogP contribution >= 0.6 is 11.6 Å². The molecule has 0 saturated heterocycles. The van der Waals surface area contributed by atoms with Gasteiger partial charge in [-0.1, -0.05) is 23.7 Å². The van der Waals surface area contributed by atoms with Crippen molar-refractivity contribution in [2.45, 2.75) is 18.9 Å². The van der Waals surface area contributed by atoms with Gasteiger partial charge in [0.05, 0.1) is 12.4 Å². The first-order chi connectivity index (χ1) is 8.63. The minimum absolute atomic E-state index is 0.168. The van der Waals surface area contributed by atoms with E-state index in [1.54, 1.807) is 24.5 Å². The van der Waals surface area contributed by atoms with Crippen molar-refractivity contribution in [1.82, 2.24) is 0 Å². The predicted octanol–water partition coefficient (Wildman–Crippen LogP) is 3.02. The molecule has 0 spiro atoms. The lowest BCUT2D eigenvalue weighted by Crippen LogP contribution is -2.20. The Hall–Kier alpha value is -1.29. The largest absolute Gasteiger partial charge is 0.469 e. The molecule has 96 valence electrons.